The topological polar surface area (TPSA) is 44.4 Å². The second kappa shape index (κ2) is 4.17. The molecular formula is C10H21N3O. The fourth-order valence-electron chi connectivity index (χ4n) is 1.74. The molecule has 0 radical (unpaired) electrons. The van der Waals surface area contributed by atoms with E-state index in [1.807, 2.05) is 0 Å². The zero-order valence-electron chi connectivity index (χ0n) is 9.55. The molecular weight excluding hydrogens is 178 g/mol. The van der Waals surface area contributed by atoms with E-state index in [4.69, 9.17) is 0 Å². The Bertz CT molecular complexity index is 210. The van der Waals surface area contributed by atoms with Crippen molar-refractivity contribution >= 4 is 6.03 Å². The van der Waals surface area contributed by atoms with E-state index in [0.29, 0.717) is 6.04 Å². The van der Waals surface area contributed by atoms with E-state index < -0.39 is 0 Å². The summed E-state index contributed by atoms with van der Waals surface area (Å²) in [6, 6.07) is 0.222. The van der Waals surface area contributed by atoms with Crippen molar-refractivity contribution in [2.45, 2.75) is 38.8 Å². The molecule has 0 spiro atoms. The smallest absolute Gasteiger partial charge is 0.314 e. The highest BCUT2D eigenvalue weighted by Crippen LogP contribution is 2.20. The van der Waals surface area contributed by atoms with Crippen LogP contribution in [0, 0.1) is 0 Å². The van der Waals surface area contributed by atoms with E-state index >= 15 is 0 Å². The molecule has 0 aromatic heterocycles. The van der Waals surface area contributed by atoms with Gasteiger partial charge in [-0.15, -0.1) is 0 Å². The number of hydrogen-bond acceptors (Lipinski definition) is 2. The van der Waals surface area contributed by atoms with Crippen LogP contribution in [-0.4, -0.2) is 42.6 Å². The normalized spacial score (nSPS) is 23.6. The minimum absolute atomic E-state index is 0.0780. The van der Waals surface area contributed by atoms with Gasteiger partial charge in [-0.3, -0.25) is 4.90 Å². The minimum atomic E-state index is -0.0780. The molecule has 2 N–H and O–H groups in total. The predicted molar refractivity (Wildman–Crippen MR) is 57.3 cm³/mol. The van der Waals surface area contributed by atoms with Crippen LogP contribution in [-0.2, 0) is 0 Å². The molecule has 14 heavy (non-hydrogen) atoms. The van der Waals surface area contributed by atoms with Crippen LogP contribution in [0.25, 0.3) is 0 Å². The van der Waals surface area contributed by atoms with E-state index in [9.17, 15) is 4.79 Å². The molecule has 1 rings (SSSR count). The van der Waals surface area contributed by atoms with Crippen LogP contribution in [0.15, 0.2) is 0 Å². The van der Waals surface area contributed by atoms with Crippen molar-refractivity contribution in [2.24, 2.45) is 0 Å². The second-order valence-corrected chi connectivity index (χ2v) is 4.83. The number of nitrogens with zero attached hydrogens (tertiary/aromatic N) is 1. The average Bonchev–Trinajstić information content (AvgIpc) is 2.51. The molecule has 0 aromatic carbocycles. The molecule has 1 aliphatic heterocycles. The third-order valence-electron chi connectivity index (χ3n) is 2.70. The summed E-state index contributed by atoms with van der Waals surface area (Å²) in [4.78, 5) is 13.5. The molecule has 1 atom stereocenters. The Morgan fingerprint density at radius 3 is 2.50 bits per heavy atom. The molecule has 0 unspecified atom stereocenters. The molecule has 1 saturated heterocycles. The van der Waals surface area contributed by atoms with Gasteiger partial charge in [-0.05, 0) is 27.2 Å². The highest BCUT2D eigenvalue weighted by atomic mass is 16.2. The van der Waals surface area contributed by atoms with Gasteiger partial charge >= 0.3 is 6.03 Å². The molecule has 0 aliphatic carbocycles. The SMILES string of the molecule is CNC(=O)N[C@@H]1CCN(C(C)(C)C)C1. The van der Waals surface area contributed by atoms with Crippen LogP contribution in [0.4, 0.5) is 4.79 Å². The summed E-state index contributed by atoms with van der Waals surface area (Å²) in [6.45, 7) is 8.63. The van der Waals surface area contributed by atoms with E-state index in [1.54, 1.807) is 7.05 Å². The third-order valence-corrected chi connectivity index (χ3v) is 2.70. The number of urea groups is 1. The van der Waals surface area contributed by atoms with E-state index in [0.717, 1.165) is 19.5 Å². The summed E-state index contributed by atoms with van der Waals surface area (Å²) in [5, 5.41) is 5.52. The Morgan fingerprint density at radius 1 is 1.43 bits per heavy atom. The first-order valence-electron chi connectivity index (χ1n) is 5.17. The second-order valence-electron chi connectivity index (χ2n) is 4.83. The molecule has 0 aromatic rings. The van der Waals surface area contributed by atoms with Crippen LogP contribution in [0.3, 0.4) is 0 Å². The summed E-state index contributed by atoms with van der Waals surface area (Å²) < 4.78 is 0. The van der Waals surface area contributed by atoms with Crippen LogP contribution in [0.2, 0.25) is 0 Å². The van der Waals surface area contributed by atoms with Gasteiger partial charge in [-0.25, -0.2) is 4.79 Å². The van der Waals surface area contributed by atoms with Crippen molar-refractivity contribution in [2.75, 3.05) is 20.1 Å². The summed E-state index contributed by atoms with van der Waals surface area (Å²) in [5.41, 5.74) is 0.207. The minimum Gasteiger partial charge on any atom is -0.341 e. The highest BCUT2D eigenvalue weighted by molar-refractivity contribution is 5.73. The standard InChI is InChI=1S/C10H21N3O/c1-10(2,3)13-6-5-8(7-13)12-9(14)11-4/h8H,5-7H2,1-4H3,(H2,11,12,14)/t8-/m1/s1. The van der Waals surface area contributed by atoms with Gasteiger partial charge in [-0.2, -0.15) is 0 Å². The van der Waals surface area contributed by atoms with Gasteiger partial charge in [0.15, 0.2) is 0 Å². The fourth-order valence-corrected chi connectivity index (χ4v) is 1.74. The largest absolute Gasteiger partial charge is 0.341 e. The fraction of sp³-hybridized carbons (Fsp3) is 0.900. The third kappa shape index (κ3) is 2.87. The van der Waals surface area contributed by atoms with Crippen molar-refractivity contribution in [1.82, 2.24) is 15.5 Å². The Hall–Kier alpha value is -0.770. The number of carbonyl (C=O) groups excluding carboxylic acids is 1. The Morgan fingerprint density at radius 2 is 2.07 bits per heavy atom. The Balaban J connectivity index is 2.38. The summed E-state index contributed by atoms with van der Waals surface area (Å²) in [7, 11) is 1.64. The van der Waals surface area contributed by atoms with Crippen molar-refractivity contribution in [3.05, 3.63) is 0 Å². The molecule has 1 heterocycles. The summed E-state index contributed by atoms with van der Waals surface area (Å²) in [6.07, 6.45) is 1.05. The lowest BCUT2D eigenvalue weighted by atomic mass is 10.1. The first-order chi connectivity index (χ1) is 6.43. The predicted octanol–water partition coefficient (Wildman–Crippen LogP) is 0.788. The Kier molecular flexibility index (Phi) is 3.37. The van der Waals surface area contributed by atoms with Crippen molar-refractivity contribution in [3.8, 4) is 0 Å². The van der Waals surface area contributed by atoms with Gasteiger partial charge in [0, 0.05) is 31.7 Å². The van der Waals surface area contributed by atoms with Crippen molar-refractivity contribution in [1.29, 1.82) is 0 Å². The summed E-state index contributed by atoms with van der Waals surface area (Å²) in [5.74, 6) is 0. The molecule has 1 fully saturated rings. The number of rotatable bonds is 1. The maximum atomic E-state index is 11.1. The average molecular weight is 199 g/mol. The molecule has 2 amide bonds. The molecule has 82 valence electrons. The van der Waals surface area contributed by atoms with E-state index in [2.05, 4.69) is 36.3 Å². The van der Waals surface area contributed by atoms with Gasteiger partial charge in [-0.1, -0.05) is 0 Å². The number of nitrogens with one attached hydrogen (secondary N) is 2. The van der Waals surface area contributed by atoms with Gasteiger partial charge in [0.05, 0.1) is 0 Å². The molecule has 4 heteroatoms. The Labute approximate surface area is 86.0 Å². The van der Waals surface area contributed by atoms with Crippen LogP contribution < -0.4 is 10.6 Å². The first kappa shape index (κ1) is 11.3. The van der Waals surface area contributed by atoms with Gasteiger partial charge < -0.3 is 10.6 Å². The zero-order valence-corrected chi connectivity index (χ0v) is 9.55. The zero-order chi connectivity index (χ0) is 10.8. The van der Waals surface area contributed by atoms with Crippen LogP contribution >= 0.6 is 0 Å². The lowest BCUT2D eigenvalue weighted by Crippen LogP contribution is -2.45. The van der Waals surface area contributed by atoms with E-state index in [1.165, 1.54) is 0 Å². The van der Waals surface area contributed by atoms with Gasteiger partial charge in [0.1, 0.15) is 0 Å². The van der Waals surface area contributed by atoms with Gasteiger partial charge in [0.25, 0.3) is 0 Å². The maximum absolute atomic E-state index is 11.1. The molecule has 1 aliphatic rings. The number of amides is 2. The van der Waals surface area contributed by atoms with Gasteiger partial charge in [0.2, 0.25) is 0 Å². The summed E-state index contributed by atoms with van der Waals surface area (Å²) >= 11 is 0. The monoisotopic (exact) mass is 199 g/mol. The number of hydrogen-bond donors (Lipinski definition) is 2. The molecule has 0 bridgehead atoms. The van der Waals surface area contributed by atoms with Crippen molar-refractivity contribution in [3.63, 3.8) is 0 Å². The maximum Gasteiger partial charge on any atom is 0.314 e. The van der Waals surface area contributed by atoms with E-state index in [-0.39, 0.29) is 11.6 Å². The van der Waals surface area contributed by atoms with Crippen molar-refractivity contribution < 1.29 is 4.79 Å². The molecule has 4 nitrogen and oxygen atoms in total. The molecule has 0 saturated carbocycles. The number of likely N-dealkylation sites (tertiary alicyclic amines) is 1. The lowest BCUT2D eigenvalue weighted by Gasteiger charge is -2.31. The lowest BCUT2D eigenvalue weighted by molar-refractivity contribution is 0.170. The van der Waals surface area contributed by atoms with Crippen LogP contribution in [0.5, 0.6) is 0 Å². The van der Waals surface area contributed by atoms with Crippen LogP contribution in [0.1, 0.15) is 27.2 Å². The highest BCUT2D eigenvalue weighted by Gasteiger charge is 2.30. The first-order valence-corrected chi connectivity index (χ1v) is 5.17. The number of carbonyl (C=O) groups is 1. The quantitative estimate of drug-likeness (QED) is 0.655.